The van der Waals surface area contributed by atoms with Gasteiger partial charge in [0, 0.05) is 10.4 Å². The van der Waals surface area contributed by atoms with Gasteiger partial charge in [-0.25, -0.2) is 4.79 Å². The number of carbonyl (C=O) groups is 2. The van der Waals surface area contributed by atoms with E-state index in [0.29, 0.717) is 15.5 Å². The fourth-order valence-electron chi connectivity index (χ4n) is 2.62. The Hall–Kier alpha value is -1.96. The van der Waals surface area contributed by atoms with E-state index in [2.05, 4.69) is 5.32 Å². The number of carboxylic acid groups (broad SMARTS) is 1. The summed E-state index contributed by atoms with van der Waals surface area (Å²) in [6.07, 6.45) is 0. The van der Waals surface area contributed by atoms with Gasteiger partial charge in [-0.05, 0) is 23.8 Å². The van der Waals surface area contributed by atoms with Gasteiger partial charge in [-0.15, -0.1) is 11.3 Å². The number of rotatable bonds is 5. The molecule has 0 aliphatic heterocycles. The van der Waals surface area contributed by atoms with Crippen molar-refractivity contribution in [1.82, 2.24) is 0 Å². The average Bonchev–Trinajstić information content (AvgIpc) is 3.09. The minimum atomic E-state index is -1.20. The lowest BCUT2D eigenvalue weighted by molar-refractivity contribution is 0.0699. The summed E-state index contributed by atoms with van der Waals surface area (Å²) in [6.45, 7) is 0. The molecule has 3 rings (SSSR count). The maximum Gasteiger partial charge on any atom is 0.339 e. The maximum atomic E-state index is 12.8. The van der Waals surface area contributed by atoms with E-state index >= 15 is 0 Å². The average molecular weight is 491 g/mol. The summed E-state index contributed by atoms with van der Waals surface area (Å²) in [5.41, 5.74) is 0.664. The molecular formula is C19H11Cl4NO4S. The molecule has 5 nitrogen and oxygen atoms in total. The lowest BCUT2D eigenvalue weighted by Gasteiger charge is -2.12. The van der Waals surface area contributed by atoms with Crippen LogP contribution in [0.5, 0.6) is 5.75 Å². The molecule has 0 fully saturated rings. The molecule has 0 aliphatic carbocycles. The van der Waals surface area contributed by atoms with Crippen LogP contribution in [0.4, 0.5) is 5.69 Å². The number of halogens is 4. The van der Waals surface area contributed by atoms with Crippen molar-refractivity contribution in [3.05, 3.63) is 66.9 Å². The second-order valence-corrected chi connectivity index (χ2v) is 8.17. The Balaban J connectivity index is 2.03. The number of hydrogen-bond acceptors (Lipinski definition) is 4. The minimum absolute atomic E-state index is 0.00948. The molecule has 1 aromatic heterocycles. The number of methoxy groups -OCH3 is 1. The van der Waals surface area contributed by atoms with Crippen LogP contribution in [-0.4, -0.2) is 24.1 Å². The Kier molecular flexibility index (Phi) is 6.61. The van der Waals surface area contributed by atoms with Gasteiger partial charge in [0.25, 0.3) is 5.91 Å². The predicted octanol–water partition coefficient (Wildman–Crippen LogP) is 6.99. The highest BCUT2D eigenvalue weighted by Crippen LogP contribution is 2.41. The van der Waals surface area contributed by atoms with E-state index in [4.69, 9.17) is 51.1 Å². The van der Waals surface area contributed by atoms with E-state index in [1.807, 2.05) is 0 Å². The van der Waals surface area contributed by atoms with Crippen LogP contribution in [0.3, 0.4) is 0 Å². The lowest BCUT2D eigenvalue weighted by atomic mass is 10.1. The third kappa shape index (κ3) is 4.32. The van der Waals surface area contributed by atoms with Gasteiger partial charge >= 0.3 is 5.97 Å². The molecule has 2 N–H and O–H groups in total. The Bertz CT molecular complexity index is 1130. The number of hydrogen-bond donors (Lipinski definition) is 2. The van der Waals surface area contributed by atoms with Gasteiger partial charge < -0.3 is 15.2 Å². The standard InChI is InChI=1S/C19H11Cl4NO4S/c1-28-16-14(22)10(6-11(21)15(16)23)18(25)24-12-7-29-17(13(12)19(26)27)8-3-2-4-9(20)5-8/h2-7H,1H3,(H,24,25)(H,26,27). The minimum Gasteiger partial charge on any atom is -0.494 e. The first-order valence-corrected chi connectivity index (χ1v) is 10.3. The summed E-state index contributed by atoms with van der Waals surface area (Å²) < 4.78 is 5.10. The number of carboxylic acids is 1. The molecule has 0 aliphatic rings. The van der Waals surface area contributed by atoms with Crippen molar-refractivity contribution in [2.45, 2.75) is 0 Å². The molecule has 0 unspecified atom stereocenters. The molecule has 1 amide bonds. The van der Waals surface area contributed by atoms with E-state index < -0.39 is 11.9 Å². The van der Waals surface area contributed by atoms with Crippen molar-refractivity contribution in [2.75, 3.05) is 12.4 Å². The van der Waals surface area contributed by atoms with Crippen LogP contribution in [0.25, 0.3) is 10.4 Å². The van der Waals surface area contributed by atoms with Gasteiger partial charge in [0.15, 0.2) is 5.75 Å². The zero-order valence-electron chi connectivity index (χ0n) is 14.6. The van der Waals surface area contributed by atoms with E-state index in [-0.39, 0.29) is 37.6 Å². The topological polar surface area (TPSA) is 75.6 Å². The molecule has 0 radical (unpaired) electrons. The van der Waals surface area contributed by atoms with Crippen molar-refractivity contribution in [1.29, 1.82) is 0 Å². The lowest BCUT2D eigenvalue weighted by Crippen LogP contribution is -2.15. The molecule has 29 heavy (non-hydrogen) atoms. The van der Waals surface area contributed by atoms with Crippen molar-refractivity contribution >= 4 is 75.3 Å². The molecule has 2 aromatic carbocycles. The number of amides is 1. The number of thiophene rings is 1. The molecule has 150 valence electrons. The number of nitrogens with one attached hydrogen (secondary N) is 1. The summed E-state index contributed by atoms with van der Waals surface area (Å²) in [7, 11) is 1.34. The highest BCUT2D eigenvalue weighted by atomic mass is 35.5. The molecule has 0 spiro atoms. The predicted molar refractivity (Wildman–Crippen MR) is 118 cm³/mol. The maximum absolute atomic E-state index is 12.8. The third-order valence-corrected chi connectivity index (χ3v) is 6.31. The van der Waals surface area contributed by atoms with E-state index in [9.17, 15) is 14.7 Å². The largest absolute Gasteiger partial charge is 0.494 e. The Morgan fingerprint density at radius 3 is 2.45 bits per heavy atom. The zero-order chi connectivity index (χ0) is 21.3. The van der Waals surface area contributed by atoms with Crippen LogP contribution < -0.4 is 10.1 Å². The molecule has 10 heteroatoms. The molecule has 3 aromatic rings. The first-order valence-electron chi connectivity index (χ1n) is 7.88. The molecule has 0 bridgehead atoms. The smallest absolute Gasteiger partial charge is 0.339 e. The first kappa shape index (κ1) is 21.7. The van der Waals surface area contributed by atoms with E-state index in [0.717, 1.165) is 11.3 Å². The number of anilines is 1. The quantitative estimate of drug-likeness (QED) is 0.378. The van der Waals surface area contributed by atoms with Gasteiger partial charge in [0.2, 0.25) is 0 Å². The number of carbonyl (C=O) groups excluding carboxylic acids is 1. The number of benzene rings is 2. The highest BCUT2D eigenvalue weighted by molar-refractivity contribution is 7.14. The van der Waals surface area contributed by atoms with Crippen LogP contribution in [0.1, 0.15) is 20.7 Å². The number of ether oxygens (including phenoxy) is 1. The van der Waals surface area contributed by atoms with Crippen LogP contribution in [-0.2, 0) is 0 Å². The van der Waals surface area contributed by atoms with Gasteiger partial charge in [0.1, 0.15) is 10.6 Å². The highest BCUT2D eigenvalue weighted by Gasteiger charge is 2.24. The molecule has 0 saturated carbocycles. The molecule has 0 saturated heterocycles. The molecular weight excluding hydrogens is 480 g/mol. The summed E-state index contributed by atoms with van der Waals surface area (Å²) in [4.78, 5) is 25.1. The summed E-state index contributed by atoms with van der Waals surface area (Å²) in [5.74, 6) is -1.81. The third-order valence-electron chi connectivity index (χ3n) is 3.90. The van der Waals surface area contributed by atoms with Crippen LogP contribution >= 0.6 is 57.7 Å². The first-order chi connectivity index (χ1) is 13.7. The van der Waals surface area contributed by atoms with Crippen LogP contribution in [0, 0.1) is 0 Å². The van der Waals surface area contributed by atoms with Crippen molar-refractivity contribution < 1.29 is 19.4 Å². The summed E-state index contributed by atoms with van der Waals surface area (Å²) >= 11 is 25.5. The van der Waals surface area contributed by atoms with E-state index in [1.54, 1.807) is 24.3 Å². The fraction of sp³-hybridized carbons (Fsp3) is 0.0526. The zero-order valence-corrected chi connectivity index (χ0v) is 18.4. The Labute approximate surface area is 189 Å². The van der Waals surface area contributed by atoms with Gasteiger partial charge in [-0.3, -0.25) is 4.79 Å². The van der Waals surface area contributed by atoms with E-state index in [1.165, 1.54) is 18.6 Å². The number of aromatic carboxylic acids is 1. The monoisotopic (exact) mass is 489 g/mol. The Morgan fingerprint density at radius 2 is 1.83 bits per heavy atom. The van der Waals surface area contributed by atoms with Gasteiger partial charge in [-0.1, -0.05) is 58.5 Å². The summed E-state index contributed by atoms with van der Waals surface area (Å²) in [6, 6.07) is 8.06. The second kappa shape index (κ2) is 8.81. The van der Waals surface area contributed by atoms with Gasteiger partial charge in [0.05, 0.1) is 33.3 Å². The normalized spacial score (nSPS) is 10.7. The van der Waals surface area contributed by atoms with Crippen LogP contribution in [0.2, 0.25) is 20.1 Å². The Morgan fingerprint density at radius 1 is 1.10 bits per heavy atom. The summed E-state index contributed by atoms with van der Waals surface area (Å²) in [5, 5.41) is 14.4. The fourth-order valence-corrected chi connectivity index (χ4v) is 4.58. The molecule has 0 atom stereocenters. The van der Waals surface area contributed by atoms with Gasteiger partial charge in [-0.2, -0.15) is 0 Å². The van der Waals surface area contributed by atoms with Crippen molar-refractivity contribution in [3.63, 3.8) is 0 Å². The SMILES string of the molecule is COc1c(Cl)c(Cl)cc(C(=O)Nc2csc(-c3cccc(Cl)c3)c2C(=O)O)c1Cl. The second-order valence-electron chi connectivity index (χ2n) is 5.69. The van der Waals surface area contributed by atoms with Crippen molar-refractivity contribution in [3.8, 4) is 16.2 Å². The van der Waals surface area contributed by atoms with Crippen molar-refractivity contribution in [2.24, 2.45) is 0 Å². The molecule has 1 heterocycles. The van der Waals surface area contributed by atoms with Crippen LogP contribution in [0.15, 0.2) is 35.7 Å².